The molecule has 0 saturated heterocycles. The van der Waals surface area contributed by atoms with Crippen molar-refractivity contribution in [2.45, 2.75) is 20.3 Å². The minimum Gasteiger partial charge on any atom is -0.341 e. The van der Waals surface area contributed by atoms with E-state index in [0.717, 1.165) is 13.0 Å². The molecule has 0 unspecified atom stereocenters. The van der Waals surface area contributed by atoms with Crippen molar-refractivity contribution in [1.29, 1.82) is 0 Å². The maximum absolute atomic E-state index is 12.3. The van der Waals surface area contributed by atoms with E-state index in [9.17, 15) is 4.79 Å². The van der Waals surface area contributed by atoms with Crippen LogP contribution >= 0.6 is 12.2 Å². The standard InChI is InChI=1S/C13H18N4OS/c1-4-9(2)7-16(3)12(18)10-5-6-11-14-15-13(19)17(11)8-10/h5-6,8-9H,4,7H2,1-3H3,(H,15,19)/t9-/m1/s1. The van der Waals surface area contributed by atoms with Gasteiger partial charge in [-0.15, -0.1) is 0 Å². The van der Waals surface area contributed by atoms with Crippen molar-refractivity contribution in [1.82, 2.24) is 19.5 Å². The molecule has 0 aliphatic heterocycles. The van der Waals surface area contributed by atoms with E-state index in [0.29, 0.717) is 21.9 Å². The molecule has 2 aromatic rings. The molecule has 0 aliphatic rings. The zero-order valence-electron chi connectivity index (χ0n) is 11.4. The highest BCUT2D eigenvalue weighted by Crippen LogP contribution is 2.10. The molecule has 0 aliphatic carbocycles. The summed E-state index contributed by atoms with van der Waals surface area (Å²) in [4.78, 5) is 14.1. The summed E-state index contributed by atoms with van der Waals surface area (Å²) in [5.41, 5.74) is 1.34. The molecule has 1 amide bonds. The van der Waals surface area contributed by atoms with Crippen LogP contribution in [-0.2, 0) is 0 Å². The average Bonchev–Trinajstić information content (AvgIpc) is 2.78. The SMILES string of the molecule is CC[C@@H](C)CN(C)C(=O)c1ccc2n[nH]c(=S)n2c1. The fourth-order valence-electron chi connectivity index (χ4n) is 1.93. The Balaban J connectivity index is 2.25. The number of pyridine rings is 1. The van der Waals surface area contributed by atoms with Gasteiger partial charge in [-0.3, -0.25) is 14.3 Å². The second-order valence-corrected chi connectivity index (χ2v) is 5.26. The Morgan fingerprint density at radius 3 is 3.00 bits per heavy atom. The maximum Gasteiger partial charge on any atom is 0.255 e. The number of aromatic nitrogens is 3. The number of nitrogens with one attached hydrogen (secondary N) is 1. The Labute approximate surface area is 117 Å². The van der Waals surface area contributed by atoms with Gasteiger partial charge in [0.15, 0.2) is 10.4 Å². The molecule has 2 rings (SSSR count). The van der Waals surface area contributed by atoms with Gasteiger partial charge in [0.2, 0.25) is 0 Å². The highest BCUT2D eigenvalue weighted by Gasteiger charge is 2.14. The Morgan fingerprint density at radius 2 is 2.32 bits per heavy atom. The number of carbonyl (C=O) groups is 1. The van der Waals surface area contributed by atoms with Crippen LogP contribution in [0.5, 0.6) is 0 Å². The third-order valence-corrected chi connectivity index (χ3v) is 3.58. The first-order chi connectivity index (χ1) is 9.02. The zero-order chi connectivity index (χ0) is 14.0. The monoisotopic (exact) mass is 278 g/mol. The lowest BCUT2D eigenvalue weighted by molar-refractivity contribution is 0.0774. The number of aromatic amines is 1. The highest BCUT2D eigenvalue weighted by atomic mass is 32.1. The number of rotatable bonds is 4. The van der Waals surface area contributed by atoms with E-state index in [-0.39, 0.29) is 5.91 Å². The molecule has 5 nitrogen and oxygen atoms in total. The Bertz CT molecular complexity index is 645. The first-order valence-corrected chi connectivity index (χ1v) is 6.76. The predicted molar refractivity (Wildman–Crippen MR) is 76.8 cm³/mol. The first kappa shape index (κ1) is 13.7. The summed E-state index contributed by atoms with van der Waals surface area (Å²) in [5.74, 6) is 0.499. The molecule has 6 heteroatoms. The fraction of sp³-hybridized carbons (Fsp3) is 0.462. The van der Waals surface area contributed by atoms with Crippen LogP contribution in [0.25, 0.3) is 5.65 Å². The first-order valence-electron chi connectivity index (χ1n) is 6.35. The van der Waals surface area contributed by atoms with Gasteiger partial charge in [-0.1, -0.05) is 20.3 Å². The molecule has 0 bridgehead atoms. The van der Waals surface area contributed by atoms with Crippen LogP contribution < -0.4 is 0 Å². The van der Waals surface area contributed by atoms with Gasteiger partial charge in [-0.25, -0.2) is 0 Å². The summed E-state index contributed by atoms with van der Waals surface area (Å²) < 4.78 is 2.20. The summed E-state index contributed by atoms with van der Waals surface area (Å²) in [6.45, 7) is 5.02. The van der Waals surface area contributed by atoms with Gasteiger partial charge in [0.25, 0.3) is 5.91 Å². The topological polar surface area (TPSA) is 53.4 Å². The fourth-order valence-corrected chi connectivity index (χ4v) is 2.12. The van der Waals surface area contributed by atoms with E-state index in [1.807, 2.05) is 7.05 Å². The lowest BCUT2D eigenvalue weighted by Crippen LogP contribution is -2.31. The molecule has 0 saturated carbocycles. The van der Waals surface area contributed by atoms with Gasteiger partial charge in [-0.2, -0.15) is 5.10 Å². The van der Waals surface area contributed by atoms with Crippen LogP contribution in [0.1, 0.15) is 30.6 Å². The second-order valence-electron chi connectivity index (χ2n) is 4.87. The van der Waals surface area contributed by atoms with E-state index >= 15 is 0 Å². The number of nitrogens with zero attached hydrogens (tertiary/aromatic N) is 3. The van der Waals surface area contributed by atoms with Crippen molar-refractivity contribution in [3.8, 4) is 0 Å². The molecular weight excluding hydrogens is 260 g/mol. The van der Waals surface area contributed by atoms with Gasteiger partial charge in [0, 0.05) is 19.8 Å². The smallest absolute Gasteiger partial charge is 0.255 e. The van der Waals surface area contributed by atoms with Crippen LogP contribution in [0.2, 0.25) is 0 Å². The Kier molecular flexibility index (Phi) is 3.99. The Morgan fingerprint density at radius 1 is 1.58 bits per heavy atom. The largest absolute Gasteiger partial charge is 0.341 e. The van der Waals surface area contributed by atoms with Gasteiger partial charge < -0.3 is 4.90 Å². The number of hydrogen-bond donors (Lipinski definition) is 1. The van der Waals surface area contributed by atoms with Crippen LogP contribution in [-0.4, -0.2) is 39.0 Å². The van der Waals surface area contributed by atoms with Gasteiger partial charge in [0.05, 0.1) is 5.56 Å². The van der Waals surface area contributed by atoms with Crippen molar-refractivity contribution in [2.24, 2.45) is 5.92 Å². The number of amides is 1. The molecule has 0 fully saturated rings. The second kappa shape index (κ2) is 5.52. The molecule has 2 aromatic heterocycles. The van der Waals surface area contributed by atoms with Crippen molar-refractivity contribution >= 4 is 23.8 Å². The Hall–Kier alpha value is -1.69. The minimum atomic E-state index is 0.00491. The van der Waals surface area contributed by atoms with Gasteiger partial charge in [0.1, 0.15) is 0 Å². The van der Waals surface area contributed by atoms with Gasteiger partial charge in [-0.05, 0) is 30.3 Å². The molecule has 19 heavy (non-hydrogen) atoms. The lowest BCUT2D eigenvalue weighted by atomic mass is 10.1. The van der Waals surface area contributed by atoms with E-state index in [1.54, 1.807) is 27.6 Å². The van der Waals surface area contributed by atoms with E-state index in [1.165, 1.54) is 0 Å². The summed E-state index contributed by atoms with van der Waals surface area (Å²) in [7, 11) is 1.83. The molecule has 0 radical (unpaired) electrons. The predicted octanol–water partition coefficient (Wildman–Crippen LogP) is 2.51. The van der Waals surface area contributed by atoms with Gasteiger partial charge >= 0.3 is 0 Å². The number of hydrogen-bond acceptors (Lipinski definition) is 3. The average molecular weight is 278 g/mol. The number of carbonyl (C=O) groups excluding carboxylic acids is 1. The number of H-pyrrole nitrogens is 1. The summed E-state index contributed by atoms with van der Waals surface area (Å²) in [6, 6.07) is 3.57. The summed E-state index contributed by atoms with van der Waals surface area (Å²) in [5, 5.41) is 6.75. The molecule has 1 atom stereocenters. The van der Waals surface area contributed by atoms with Crippen LogP contribution in [0.3, 0.4) is 0 Å². The third kappa shape index (κ3) is 2.84. The number of fused-ring (bicyclic) bond motifs is 1. The van der Waals surface area contributed by atoms with E-state index < -0.39 is 0 Å². The molecule has 1 N–H and O–H groups in total. The lowest BCUT2D eigenvalue weighted by Gasteiger charge is -2.20. The molecule has 0 aromatic carbocycles. The van der Waals surface area contributed by atoms with Crippen LogP contribution in [0, 0.1) is 10.7 Å². The zero-order valence-corrected chi connectivity index (χ0v) is 12.2. The van der Waals surface area contributed by atoms with E-state index in [2.05, 4.69) is 24.0 Å². The van der Waals surface area contributed by atoms with Crippen molar-refractivity contribution in [2.75, 3.05) is 13.6 Å². The molecule has 102 valence electrons. The molecule has 2 heterocycles. The maximum atomic E-state index is 12.3. The molecule has 0 spiro atoms. The van der Waals surface area contributed by atoms with E-state index in [4.69, 9.17) is 12.2 Å². The van der Waals surface area contributed by atoms with Crippen molar-refractivity contribution < 1.29 is 4.79 Å². The molecular formula is C13H18N4OS. The quantitative estimate of drug-likeness (QED) is 0.874. The van der Waals surface area contributed by atoms with Crippen molar-refractivity contribution in [3.05, 3.63) is 28.7 Å². The highest BCUT2D eigenvalue weighted by molar-refractivity contribution is 7.71. The van der Waals surface area contributed by atoms with Crippen molar-refractivity contribution in [3.63, 3.8) is 0 Å². The summed E-state index contributed by atoms with van der Waals surface area (Å²) >= 11 is 5.11. The minimum absolute atomic E-state index is 0.00491. The normalized spacial score (nSPS) is 12.6. The summed E-state index contributed by atoms with van der Waals surface area (Å²) in [6.07, 6.45) is 2.79. The third-order valence-electron chi connectivity index (χ3n) is 3.29. The van der Waals surface area contributed by atoms with Crippen LogP contribution in [0.4, 0.5) is 0 Å². The van der Waals surface area contributed by atoms with Crippen LogP contribution in [0.15, 0.2) is 18.3 Å².